The van der Waals surface area contributed by atoms with Crippen molar-refractivity contribution in [3.63, 3.8) is 0 Å². The molecule has 0 heterocycles. The summed E-state index contributed by atoms with van der Waals surface area (Å²) in [6.45, 7) is 4.90. The largest absolute Gasteiger partial charge is 0.496 e. The molecule has 0 aliphatic rings. The summed E-state index contributed by atoms with van der Waals surface area (Å²) in [6.07, 6.45) is 0. The van der Waals surface area contributed by atoms with E-state index in [1.807, 2.05) is 24.3 Å². The van der Waals surface area contributed by atoms with Gasteiger partial charge < -0.3 is 14.8 Å². The highest BCUT2D eigenvalue weighted by Crippen LogP contribution is 2.27. The molecule has 0 bridgehead atoms. The van der Waals surface area contributed by atoms with Gasteiger partial charge >= 0.3 is 0 Å². The Labute approximate surface area is 120 Å². The van der Waals surface area contributed by atoms with E-state index in [1.54, 1.807) is 14.2 Å². The minimum atomic E-state index is 0.699. The second kappa shape index (κ2) is 6.33. The molecule has 0 atom stereocenters. The predicted molar refractivity (Wildman–Crippen MR) is 82.8 cm³/mol. The van der Waals surface area contributed by atoms with Gasteiger partial charge in [0.05, 0.1) is 19.9 Å². The van der Waals surface area contributed by atoms with E-state index in [2.05, 4.69) is 31.3 Å². The van der Waals surface area contributed by atoms with Crippen LogP contribution in [0.3, 0.4) is 0 Å². The lowest BCUT2D eigenvalue weighted by Gasteiger charge is -2.15. The second-order valence-corrected chi connectivity index (χ2v) is 4.80. The smallest absolute Gasteiger partial charge is 0.141 e. The zero-order valence-corrected chi connectivity index (χ0v) is 12.5. The van der Waals surface area contributed by atoms with E-state index in [-0.39, 0.29) is 0 Å². The molecule has 0 aromatic heterocycles. The number of para-hydroxylation sites is 2. The molecule has 0 saturated heterocycles. The summed E-state index contributed by atoms with van der Waals surface area (Å²) in [4.78, 5) is 0. The molecule has 2 rings (SSSR count). The third kappa shape index (κ3) is 3.05. The van der Waals surface area contributed by atoms with Gasteiger partial charge in [0.15, 0.2) is 0 Å². The maximum absolute atomic E-state index is 5.45. The van der Waals surface area contributed by atoms with Crippen LogP contribution in [-0.2, 0) is 6.54 Å². The molecule has 20 heavy (non-hydrogen) atoms. The monoisotopic (exact) mass is 271 g/mol. The van der Waals surface area contributed by atoms with Crippen molar-refractivity contribution in [2.45, 2.75) is 20.4 Å². The first-order chi connectivity index (χ1) is 9.65. The fourth-order valence-electron chi connectivity index (χ4n) is 2.16. The Morgan fingerprint density at radius 3 is 2.25 bits per heavy atom. The summed E-state index contributed by atoms with van der Waals surface area (Å²) in [5.74, 6) is 1.76. The molecule has 1 N–H and O–H groups in total. The quantitative estimate of drug-likeness (QED) is 0.893. The summed E-state index contributed by atoms with van der Waals surface area (Å²) in [7, 11) is 3.38. The standard InChI is InChI=1S/C17H21NO2/c1-12-9-14(17(20-4)10-13(12)2)11-18-15-7-5-6-8-16(15)19-3/h5-10,18H,11H2,1-4H3. The number of nitrogens with one attached hydrogen (secondary N) is 1. The van der Waals surface area contributed by atoms with E-state index in [0.29, 0.717) is 6.54 Å². The van der Waals surface area contributed by atoms with Crippen LogP contribution in [0.4, 0.5) is 5.69 Å². The molecular formula is C17H21NO2. The molecular weight excluding hydrogens is 250 g/mol. The van der Waals surface area contributed by atoms with Crippen molar-refractivity contribution < 1.29 is 9.47 Å². The van der Waals surface area contributed by atoms with Crippen LogP contribution in [-0.4, -0.2) is 14.2 Å². The summed E-state index contributed by atoms with van der Waals surface area (Å²) < 4.78 is 10.8. The van der Waals surface area contributed by atoms with Gasteiger partial charge in [0, 0.05) is 12.1 Å². The van der Waals surface area contributed by atoms with E-state index in [1.165, 1.54) is 11.1 Å². The summed E-state index contributed by atoms with van der Waals surface area (Å²) >= 11 is 0. The number of aryl methyl sites for hydroxylation is 2. The molecule has 0 aliphatic heterocycles. The fourth-order valence-corrected chi connectivity index (χ4v) is 2.16. The van der Waals surface area contributed by atoms with Gasteiger partial charge in [-0.1, -0.05) is 18.2 Å². The minimum absolute atomic E-state index is 0.699. The average Bonchev–Trinajstić information content (AvgIpc) is 2.48. The van der Waals surface area contributed by atoms with Crippen LogP contribution in [0.15, 0.2) is 36.4 Å². The minimum Gasteiger partial charge on any atom is -0.496 e. The molecule has 2 aromatic rings. The van der Waals surface area contributed by atoms with Crippen molar-refractivity contribution in [1.29, 1.82) is 0 Å². The number of ether oxygens (including phenoxy) is 2. The Balaban J connectivity index is 2.20. The van der Waals surface area contributed by atoms with Crippen molar-refractivity contribution in [3.05, 3.63) is 53.1 Å². The molecule has 3 nitrogen and oxygen atoms in total. The lowest BCUT2D eigenvalue weighted by Crippen LogP contribution is -2.04. The van der Waals surface area contributed by atoms with Gasteiger partial charge in [-0.05, 0) is 43.2 Å². The van der Waals surface area contributed by atoms with Gasteiger partial charge in [-0.15, -0.1) is 0 Å². The average molecular weight is 271 g/mol. The lowest BCUT2D eigenvalue weighted by molar-refractivity contribution is 0.409. The first-order valence-corrected chi connectivity index (χ1v) is 6.66. The summed E-state index contributed by atoms with van der Waals surface area (Å²) in [5.41, 5.74) is 4.63. The number of methoxy groups -OCH3 is 2. The Kier molecular flexibility index (Phi) is 4.51. The number of hydrogen-bond donors (Lipinski definition) is 1. The van der Waals surface area contributed by atoms with Gasteiger partial charge in [-0.3, -0.25) is 0 Å². The van der Waals surface area contributed by atoms with Gasteiger partial charge in [0.25, 0.3) is 0 Å². The number of rotatable bonds is 5. The van der Waals surface area contributed by atoms with Crippen molar-refractivity contribution in [2.75, 3.05) is 19.5 Å². The molecule has 0 radical (unpaired) electrons. The molecule has 106 valence electrons. The third-order valence-electron chi connectivity index (χ3n) is 3.47. The molecule has 2 aromatic carbocycles. The second-order valence-electron chi connectivity index (χ2n) is 4.80. The zero-order valence-electron chi connectivity index (χ0n) is 12.5. The lowest BCUT2D eigenvalue weighted by atomic mass is 10.0. The summed E-state index contributed by atoms with van der Waals surface area (Å²) in [5, 5.41) is 3.40. The Morgan fingerprint density at radius 1 is 0.900 bits per heavy atom. The maximum Gasteiger partial charge on any atom is 0.141 e. The molecule has 0 unspecified atom stereocenters. The topological polar surface area (TPSA) is 30.5 Å². The van der Waals surface area contributed by atoms with Gasteiger partial charge in [0.2, 0.25) is 0 Å². The highest BCUT2D eigenvalue weighted by molar-refractivity contribution is 5.57. The summed E-state index contributed by atoms with van der Waals surface area (Å²) in [6, 6.07) is 12.1. The first kappa shape index (κ1) is 14.3. The molecule has 0 aliphatic carbocycles. The van der Waals surface area contributed by atoms with Crippen molar-refractivity contribution in [1.82, 2.24) is 0 Å². The van der Waals surface area contributed by atoms with Crippen LogP contribution >= 0.6 is 0 Å². The van der Waals surface area contributed by atoms with Crippen LogP contribution in [0.5, 0.6) is 11.5 Å². The van der Waals surface area contributed by atoms with Crippen LogP contribution in [0, 0.1) is 13.8 Å². The Morgan fingerprint density at radius 2 is 1.55 bits per heavy atom. The van der Waals surface area contributed by atoms with E-state index in [9.17, 15) is 0 Å². The van der Waals surface area contributed by atoms with E-state index in [4.69, 9.17) is 9.47 Å². The van der Waals surface area contributed by atoms with Crippen molar-refractivity contribution >= 4 is 5.69 Å². The fraction of sp³-hybridized carbons (Fsp3) is 0.294. The van der Waals surface area contributed by atoms with Crippen molar-refractivity contribution in [2.24, 2.45) is 0 Å². The first-order valence-electron chi connectivity index (χ1n) is 6.66. The number of anilines is 1. The number of hydrogen-bond acceptors (Lipinski definition) is 3. The van der Waals surface area contributed by atoms with E-state index >= 15 is 0 Å². The van der Waals surface area contributed by atoms with Gasteiger partial charge in [-0.2, -0.15) is 0 Å². The van der Waals surface area contributed by atoms with Crippen LogP contribution in [0.25, 0.3) is 0 Å². The Bertz CT molecular complexity index is 594. The number of benzene rings is 2. The Hall–Kier alpha value is -2.16. The maximum atomic E-state index is 5.45. The molecule has 0 fully saturated rings. The van der Waals surface area contributed by atoms with Crippen molar-refractivity contribution in [3.8, 4) is 11.5 Å². The van der Waals surface area contributed by atoms with E-state index < -0.39 is 0 Å². The third-order valence-corrected chi connectivity index (χ3v) is 3.47. The van der Waals surface area contributed by atoms with E-state index in [0.717, 1.165) is 22.7 Å². The van der Waals surface area contributed by atoms with Crippen LogP contribution < -0.4 is 14.8 Å². The van der Waals surface area contributed by atoms with Gasteiger partial charge in [-0.25, -0.2) is 0 Å². The molecule has 0 amide bonds. The van der Waals surface area contributed by atoms with Crippen LogP contribution in [0.2, 0.25) is 0 Å². The highest BCUT2D eigenvalue weighted by Gasteiger charge is 2.07. The molecule has 0 spiro atoms. The van der Waals surface area contributed by atoms with Crippen LogP contribution in [0.1, 0.15) is 16.7 Å². The SMILES string of the molecule is COc1cc(C)c(C)cc1CNc1ccccc1OC. The van der Waals surface area contributed by atoms with Gasteiger partial charge in [0.1, 0.15) is 11.5 Å². The molecule has 3 heteroatoms. The highest BCUT2D eigenvalue weighted by atomic mass is 16.5. The normalized spacial score (nSPS) is 10.2. The zero-order chi connectivity index (χ0) is 14.5. The predicted octanol–water partition coefficient (Wildman–Crippen LogP) is 3.93. The molecule has 0 saturated carbocycles.